The van der Waals surface area contributed by atoms with E-state index in [1.54, 1.807) is 21.0 Å². The van der Waals surface area contributed by atoms with Crippen molar-refractivity contribution in [3.63, 3.8) is 0 Å². The molecule has 0 spiro atoms. The lowest BCUT2D eigenvalue weighted by Gasteiger charge is -2.13. The maximum absolute atomic E-state index is 12.3. The largest absolute Gasteiger partial charge is 0.494 e. The van der Waals surface area contributed by atoms with Crippen LogP contribution in [0.1, 0.15) is 36.2 Å². The van der Waals surface area contributed by atoms with Gasteiger partial charge in [-0.25, -0.2) is 9.78 Å². The maximum atomic E-state index is 12.3. The summed E-state index contributed by atoms with van der Waals surface area (Å²) in [5.74, 6) is 0.500. The van der Waals surface area contributed by atoms with Crippen LogP contribution in [-0.4, -0.2) is 40.4 Å². The Balaban J connectivity index is 2.20. The van der Waals surface area contributed by atoms with Crippen molar-refractivity contribution in [3.8, 4) is 11.6 Å². The lowest BCUT2D eigenvalue weighted by molar-refractivity contribution is -0.115. The highest BCUT2D eigenvalue weighted by Gasteiger charge is 2.22. The Morgan fingerprint density at radius 3 is 2.71 bits per heavy atom. The summed E-state index contributed by atoms with van der Waals surface area (Å²) in [5.41, 5.74) is 1.80. The van der Waals surface area contributed by atoms with Crippen molar-refractivity contribution in [2.45, 2.75) is 27.2 Å². The second-order valence-electron chi connectivity index (χ2n) is 6.09. The number of anilines is 1. The molecule has 1 N–H and O–H groups in total. The Morgan fingerprint density at radius 1 is 1.25 bits per heavy atom. The van der Waals surface area contributed by atoms with E-state index in [1.807, 2.05) is 31.2 Å². The van der Waals surface area contributed by atoms with Crippen LogP contribution < -0.4 is 10.1 Å². The number of esters is 1. The number of aromatic nitrogens is 3. The number of para-hydroxylation sites is 1. The lowest BCUT2D eigenvalue weighted by Crippen LogP contribution is -2.17. The fourth-order valence-electron chi connectivity index (χ4n) is 2.87. The second-order valence-corrected chi connectivity index (χ2v) is 6.09. The quantitative estimate of drug-likeness (QED) is 0.658. The fraction of sp³-hybridized carbons (Fsp3) is 0.300. The van der Waals surface area contributed by atoms with Gasteiger partial charge in [-0.05, 0) is 31.5 Å². The van der Waals surface area contributed by atoms with Crippen molar-refractivity contribution >= 4 is 28.6 Å². The van der Waals surface area contributed by atoms with Crippen LogP contribution in [0.25, 0.3) is 16.7 Å². The SMILES string of the molecule is CCOC(=O)c1cnn(-c2cc(C)c3cccc(OC)c3n2)c1NC(=O)CC. The highest BCUT2D eigenvalue weighted by molar-refractivity contribution is 6.00. The summed E-state index contributed by atoms with van der Waals surface area (Å²) in [6, 6.07) is 7.52. The van der Waals surface area contributed by atoms with Crippen LogP contribution in [0.4, 0.5) is 5.82 Å². The van der Waals surface area contributed by atoms with Crippen LogP contribution in [0.15, 0.2) is 30.5 Å². The number of fused-ring (bicyclic) bond motifs is 1. The maximum Gasteiger partial charge on any atom is 0.343 e. The molecule has 3 aromatic rings. The third kappa shape index (κ3) is 3.53. The van der Waals surface area contributed by atoms with E-state index in [9.17, 15) is 9.59 Å². The molecule has 0 radical (unpaired) electrons. The number of benzene rings is 1. The average molecular weight is 382 g/mol. The molecule has 0 aliphatic heterocycles. The van der Waals surface area contributed by atoms with Crippen LogP contribution in [0, 0.1) is 6.92 Å². The van der Waals surface area contributed by atoms with Gasteiger partial charge in [-0.2, -0.15) is 9.78 Å². The van der Waals surface area contributed by atoms with Crippen molar-refractivity contribution in [1.82, 2.24) is 14.8 Å². The summed E-state index contributed by atoms with van der Waals surface area (Å²) in [5, 5.41) is 7.95. The molecule has 146 valence electrons. The molecule has 8 heteroatoms. The molecule has 3 rings (SSSR count). The Bertz CT molecular complexity index is 1040. The number of rotatable bonds is 6. The molecule has 0 saturated heterocycles. The van der Waals surface area contributed by atoms with Crippen molar-refractivity contribution in [1.29, 1.82) is 0 Å². The number of carbonyl (C=O) groups is 2. The second kappa shape index (κ2) is 8.08. The number of methoxy groups -OCH3 is 1. The highest BCUT2D eigenvalue weighted by Crippen LogP contribution is 2.29. The van der Waals surface area contributed by atoms with Crippen LogP contribution >= 0.6 is 0 Å². The molecule has 28 heavy (non-hydrogen) atoms. The van der Waals surface area contributed by atoms with E-state index in [0.29, 0.717) is 17.1 Å². The number of pyridine rings is 1. The van der Waals surface area contributed by atoms with E-state index in [-0.39, 0.29) is 30.3 Å². The molecule has 1 amide bonds. The van der Waals surface area contributed by atoms with Gasteiger partial charge in [-0.1, -0.05) is 19.1 Å². The number of hydrogen-bond donors (Lipinski definition) is 1. The number of amides is 1. The van der Waals surface area contributed by atoms with Gasteiger partial charge in [-0.15, -0.1) is 0 Å². The molecule has 0 unspecified atom stereocenters. The number of carbonyl (C=O) groups excluding carboxylic acids is 2. The first kappa shape index (κ1) is 19.3. The molecule has 0 aliphatic carbocycles. The number of nitrogens with one attached hydrogen (secondary N) is 1. The molecular weight excluding hydrogens is 360 g/mol. The molecular formula is C20H22N4O4. The number of nitrogens with zero attached hydrogens (tertiary/aromatic N) is 3. The normalized spacial score (nSPS) is 10.7. The number of ether oxygens (including phenoxy) is 2. The van der Waals surface area contributed by atoms with Crippen LogP contribution in [0.3, 0.4) is 0 Å². The Kier molecular flexibility index (Phi) is 5.58. The van der Waals surface area contributed by atoms with E-state index in [4.69, 9.17) is 9.47 Å². The summed E-state index contributed by atoms with van der Waals surface area (Å²) >= 11 is 0. The van der Waals surface area contributed by atoms with Gasteiger partial charge < -0.3 is 14.8 Å². The zero-order chi connectivity index (χ0) is 20.3. The molecule has 0 aliphatic rings. The highest BCUT2D eigenvalue weighted by atomic mass is 16.5. The molecule has 2 heterocycles. The zero-order valence-electron chi connectivity index (χ0n) is 16.3. The summed E-state index contributed by atoms with van der Waals surface area (Å²) in [7, 11) is 1.58. The number of hydrogen-bond acceptors (Lipinski definition) is 6. The van der Waals surface area contributed by atoms with Crippen molar-refractivity contribution in [2.75, 3.05) is 19.0 Å². The third-order valence-corrected chi connectivity index (χ3v) is 4.28. The minimum Gasteiger partial charge on any atom is -0.494 e. The summed E-state index contributed by atoms with van der Waals surface area (Å²) in [6.07, 6.45) is 1.62. The lowest BCUT2D eigenvalue weighted by atomic mass is 10.1. The summed E-state index contributed by atoms with van der Waals surface area (Å²) in [6.45, 7) is 5.61. The Morgan fingerprint density at radius 2 is 2.04 bits per heavy atom. The van der Waals surface area contributed by atoms with Gasteiger partial charge in [0.1, 0.15) is 16.8 Å². The molecule has 0 saturated carbocycles. The van der Waals surface area contributed by atoms with E-state index >= 15 is 0 Å². The van der Waals surface area contributed by atoms with Crippen molar-refractivity contribution in [2.24, 2.45) is 0 Å². The first-order valence-electron chi connectivity index (χ1n) is 8.99. The van der Waals surface area contributed by atoms with E-state index < -0.39 is 5.97 Å². The molecule has 0 bridgehead atoms. The Hall–Kier alpha value is -3.42. The minimum atomic E-state index is -0.560. The van der Waals surface area contributed by atoms with Crippen molar-refractivity contribution < 1.29 is 19.1 Å². The fourth-order valence-corrected chi connectivity index (χ4v) is 2.87. The summed E-state index contributed by atoms with van der Waals surface area (Å²) < 4.78 is 11.9. The monoisotopic (exact) mass is 382 g/mol. The van der Waals surface area contributed by atoms with Crippen LogP contribution in [-0.2, 0) is 9.53 Å². The van der Waals surface area contributed by atoms with Crippen LogP contribution in [0.5, 0.6) is 5.75 Å². The van der Waals surface area contributed by atoms with Gasteiger partial charge in [0.2, 0.25) is 5.91 Å². The van der Waals surface area contributed by atoms with Gasteiger partial charge >= 0.3 is 5.97 Å². The van der Waals surface area contributed by atoms with E-state index in [1.165, 1.54) is 10.9 Å². The minimum absolute atomic E-state index is 0.170. The first-order valence-corrected chi connectivity index (χ1v) is 8.99. The van der Waals surface area contributed by atoms with Gasteiger partial charge in [0.15, 0.2) is 11.6 Å². The molecule has 0 atom stereocenters. The average Bonchev–Trinajstić information content (AvgIpc) is 3.11. The topological polar surface area (TPSA) is 95.3 Å². The first-order chi connectivity index (χ1) is 13.5. The Labute approximate surface area is 162 Å². The number of aryl methyl sites for hydroxylation is 1. The van der Waals surface area contributed by atoms with Gasteiger partial charge in [0.25, 0.3) is 0 Å². The molecule has 8 nitrogen and oxygen atoms in total. The van der Waals surface area contributed by atoms with Gasteiger partial charge in [0, 0.05) is 11.8 Å². The molecule has 1 aromatic carbocycles. The van der Waals surface area contributed by atoms with Gasteiger partial charge in [0.05, 0.1) is 19.9 Å². The van der Waals surface area contributed by atoms with Crippen molar-refractivity contribution in [3.05, 3.63) is 41.6 Å². The standard InChI is InChI=1S/C20H22N4O4/c1-5-17(25)23-19-14(20(26)28-6-2)11-21-24(19)16-10-12(3)13-8-7-9-15(27-4)18(13)22-16/h7-11H,5-6H2,1-4H3,(H,23,25). The molecule has 2 aromatic heterocycles. The van der Waals surface area contributed by atoms with E-state index in [2.05, 4.69) is 15.4 Å². The summed E-state index contributed by atoms with van der Waals surface area (Å²) in [4.78, 5) is 29.0. The van der Waals surface area contributed by atoms with Gasteiger partial charge in [-0.3, -0.25) is 4.79 Å². The smallest absolute Gasteiger partial charge is 0.343 e. The predicted molar refractivity (Wildman–Crippen MR) is 105 cm³/mol. The predicted octanol–water partition coefficient (Wildman–Crippen LogP) is 3.26. The van der Waals surface area contributed by atoms with Crippen LogP contribution in [0.2, 0.25) is 0 Å². The molecule has 0 fully saturated rings. The van der Waals surface area contributed by atoms with E-state index in [0.717, 1.165) is 10.9 Å². The zero-order valence-corrected chi connectivity index (χ0v) is 16.3. The third-order valence-electron chi connectivity index (χ3n) is 4.28.